The minimum atomic E-state index is -1.45. The summed E-state index contributed by atoms with van der Waals surface area (Å²) >= 11 is 1.07. The van der Waals surface area contributed by atoms with Crippen LogP contribution in [0.5, 0.6) is 0 Å². The zero-order chi connectivity index (χ0) is 10.4. The molecule has 0 saturated heterocycles. The Labute approximate surface area is 83.6 Å². The van der Waals surface area contributed by atoms with Gasteiger partial charge in [-0.05, 0) is 0 Å². The first-order valence-corrected chi connectivity index (χ1v) is 5.09. The van der Waals surface area contributed by atoms with Crippen LogP contribution in [0.25, 0.3) is 0 Å². The summed E-state index contributed by atoms with van der Waals surface area (Å²) in [5, 5.41) is 16.7. The van der Waals surface area contributed by atoms with Crippen molar-refractivity contribution in [1.82, 2.24) is 0 Å². The molecule has 13 heavy (non-hydrogen) atoms. The van der Waals surface area contributed by atoms with Crippen LogP contribution in [0.4, 0.5) is 0 Å². The molecule has 5 nitrogen and oxygen atoms in total. The SMILES string of the molecule is O=C(O)C(=O)CCCC([AsH2])C(=O)O. The number of carboxylic acids is 2. The Kier molecular flexibility index (Phi) is 5.38. The molecule has 0 amide bonds. The average molecular weight is 250 g/mol. The second-order valence-corrected chi connectivity index (χ2v) is 4.25. The van der Waals surface area contributed by atoms with Crippen molar-refractivity contribution in [3.8, 4) is 0 Å². The van der Waals surface area contributed by atoms with E-state index < -0.39 is 22.4 Å². The summed E-state index contributed by atoms with van der Waals surface area (Å²) < 4.78 is -0.464. The average Bonchev–Trinajstić information content (AvgIpc) is 2.03. The molecule has 0 aromatic carbocycles. The zero-order valence-corrected chi connectivity index (χ0v) is 9.32. The number of carbonyl (C=O) groups is 3. The molecule has 0 saturated carbocycles. The predicted octanol–water partition coefficient (Wildman–Crippen LogP) is -0.683. The Balaban J connectivity index is 3.62. The molecule has 0 heterocycles. The normalized spacial score (nSPS) is 12.1. The van der Waals surface area contributed by atoms with Crippen LogP contribution in [0.15, 0.2) is 0 Å². The Morgan fingerprint density at radius 2 is 1.77 bits per heavy atom. The maximum atomic E-state index is 10.6. The molecule has 0 spiro atoms. The van der Waals surface area contributed by atoms with Gasteiger partial charge in [0.05, 0.1) is 0 Å². The van der Waals surface area contributed by atoms with Gasteiger partial charge < -0.3 is 0 Å². The molecule has 0 aliphatic heterocycles. The van der Waals surface area contributed by atoms with Crippen molar-refractivity contribution in [2.24, 2.45) is 0 Å². The topological polar surface area (TPSA) is 91.7 Å². The second-order valence-electron chi connectivity index (χ2n) is 2.57. The van der Waals surface area contributed by atoms with Crippen LogP contribution in [0.3, 0.4) is 0 Å². The number of Topliss-reactive ketones (excluding diaryl/α,β-unsaturated/α-hetero) is 1. The van der Waals surface area contributed by atoms with Gasteiger partial charge in [-0.1, -0.05) is 0 Å². The number of rotatable bonds is 6. The van der Waals surface area contributed by atoms with Gasteiger partial charge in [-0.2, -0.15) is 0 Å². The molecule has 2 N–H and O–H groups in total. The van der Waals surface area contributed by atoms with Crippen molar-refractivity contribution >= 4 is 34.6 Å². The third-order valence-corrected chi connectivity index (χ3v) is 2.77. The Morgan fingerprint density at radius 3 is 2.15 bits per heavy atom. The molecule has 0 bridgehead atoms. The third kappa shape index (κ3) is 5.41. The van der Waals surface area contributed by atoms with E-state index in [9.17, 15) is 14.4 Å². The van der Waals surface area contributed by atoms with Crippen molar-refractivity contribution in [2.45, 2.75) is 24.0 Å². The van der Waals surface area contributed by atoms with Crippen molar-refractivity contribution in [1.29, 1.82) is 0 Å². The monoisotopic (exact) mass is 250 g/mol. The molecule has 0 aliphatic rings. The van der Waals surface area contributed by atoms with Gasteiger partial charge in [-0.15, -0.1) is 0 Å². The fourth-order valence-corrected chi connectivity index (χ4v) is 1.21. The van der Waals surface area contributed by atoms with Crippen LogP contribution in [-0.4, -0.2) is 44.8 Å². The molecule has 0 fully saturated rings. The van der Waals surface area contributed by atoms with Gasteiger partial charge in [0, 0.05) is 0 Å². The fraction of sp³-hybridized carbons (Fsp3) is 0.571. The summed E-state index contributed by atoms with van der Waals surface area (Å²) in [6, 6.07) is 0. The number of hydrogen-bond acceptors (Lipinski definition) is 3. The number of hydrogen-bond donors (Lipinski definition) is 2. The van der Waals surface area contributed by atoms with E-state index in [1.807, 2.05) is 0 Å². The van der Waals surface area contributed by atoms with Crippen LogP contribution in [-0.2, 0) is 14.4 Å². The van der Waals surface area contributed by atoms with Gasteiger partial charge in [0.25, 0.3) is 0 Å². The third-order valence-electron chi connectivity index (χ3n) is 1.47. The summed E-state index contributed by atoms with van der Waals surface area (Å²) in [4.78, 5) is 30.9. The van der Waals surface area contributed by atoms with Crippen LogP contribution in [0, 0.1) is 0 Å². The predicted molar refractivity (Wildman–Crippen MR) is 46.4 cm³/mol. The molecule has 0 rings (SSSR count). The van der Waals surface area contributed by atoms with E-state index in [1.165, 1.54) is 0 Å². The van der Waals surface area contributed by atoms with Crippen molar-refractivity contribution in [3.05, 3.63) is 0 Å². The van der Waals surface area contributed by atoms with E-state index in [0.29, 0.717) is 12.8 Å². The summed E-state index contributed by atoms with van der Waals surface area (Å²) in [6.07, 6.45) is 0.595. The molecule has 74 valence electrons. The van der Waals surface area contributed by atoms with Crippen molar-refractivity contribution in [2.75, 3.05) is 0 Å². The number of carboxylic acid groups (broad SMARTS) is 2. The first kappa shape index (κ1) is 12.2. The van der Waals surface area contributed by atoms with Crippen molar-refractivity contribution in [3.63, 3.8) is 0 Å². The molecular formula is C7H11AsO5. The van der Waals surface area contributed by atoms with Gasteiger partial charge in [-0.25, -0.2) is 0 Å². The molecular weight excluding hydrogens is 239 g/mol. The number of ketones is 1. The van der Waals surface area contributed by atoms with Crippen LogP contribution in [0.1, 0.15) is 19.3 Å². The van der Waals surface area contributed by atoms with Crippen LogP contribution >= 0.6 is 0 Å². The first-order valence-electron chi connectivity index (χ1n) is 3.69. The van der Waals surface area contributed by atoms with Crippen LogP contribution in [0.2, 0.25) is 4.71 Å². The van der Waals surface area contributed by atoms with E-state index in [4.69, 9.17) is 10.2 Å². The number of aliphatic carboxylic acids is 2. The van der Waals surface area contributed by atoms with Gasteiger partial charge in [0.2, 0.25) is 0 Å². The molecule has 0 aromatic rings. The van der Waals surface area contributed by atoms with E-state index in [0.717, 1.165) is 16.9 Å². The van der Waals surface area contributed by atoms with Gasteiger partial charge in [0.1, 0.15) is 0 Å². The summed E-state index contributed by atoms with van der Waals surface area (Å²) in [7, 11) is 0. The standard InChI is InChI=1S/C7H11AsO5/c8-4(6(10)11)2-1-3-5(9)7(12)13/h4H,1-3,8H2,(H,10,11)(H,12,13). The van der Waals surface area contributed by atoms with E-state index in [-0.39, 0.29) is 6.42 Å². The van der Waals surface area contributed by atoms with E-state index in [2.05, 4.69) is 0 Å². The Bertz CT molecular complexity index is 225. The van der Waals surface area contributed by atoms with Gasteiger partial charge in [0.15, 0.2) is 0 Å². The van der Waals surface area contributed by atoms with Crippen LogP contribution < -0.4 is 0 Å². The quantitative estimate of drug-likeness (QED) is 0.481. The maximum absolute atomic E-state index is 10.6. The Hall–Kier alpha value is -0.832. The van der Waals surface area contributed by atoms with Gasteiger partial charge >= 0.3 is 83.1 Å². The number of carbonyl (C=O) groups excluding carboxylic acids is 1. The molecule has 0 aromatic heterocycles. The van der Waals surface area contributed by atoms with Crippen molar-refractivity contribution < 1.29 is 24.6 Å². The first-order chi connectivity index (χ1) is 5.95. The molecule has 0 radical (unpaired) electrons. The minimum absolute atomic E-state index is 0.0803. The fourth-order valence-electron chi connectivity index (χ4n) is 0.713. The summed E-state index contributed by atoms with van der Waals surface area (Å²) in [6.45, 7) is 0. The van der Waals surface area contributed by atoms with E-state index in [1.54, 1.807) is 0 Å². The second kappa shape index (κ2) is 5.75. The Morgan fingerprint density at radius 1 is 1.23 bits per heavy atom. The zero-order valence-electron chi connectivity index (χ0n) is 6.90. The molecule has 0 aliphatic carbocycles. The molecule has 2 unspecified atom stereocenters. The summed E-state index contributed by atoms with van der Waals surface area (Å²) in [5.74, 6) is -3.21. The van der Waals surface area contributed by atoms with Gasteiger partial charge in [-0.3, -0.25) is 0 Å². The molecule has 2 atom stereocenters. The molecule has 6 heteroatoms. The van der Waals surface area contributed by atoms with E-state index >= 15 is 0 Å². The summed E-state index contributed by atoms with van der Waals surface area (Å²) in [5.41, 5.74) is 0.